The van der Waals surface area contributed by atoms with Crippen LogP contribution in [0.15, 0.2) is 18.2 Å². The number of carbonyl (C=O) groups excluding carboxylic acids is 3. The molecule has 0 heterocycles. The van der Waals surface area contributed by atoms with Crippen molar-refractivity contribution >= 4 is 29.5 Å². The van der Waals surface area contributed by atoms with Crippen molar-refractivity contribution < 1.29 is 23.9 Å². The van der Waals surface area contributed by atoms with E-state index in [1.165, 1.54) is 0 Å². The summed E-state index contributed by atoms with van der Waals surface area (Å²) in [7, 11) is 0. The average molecular weight is 329 g/mol. The monoisotopic (exact) mass is 328 g/mol. The molecule has 8 heteroatoms. The van der Waals surface area contributed by atoms with Crippen LogP contribution in [0.2, 0.25) is 5.02 Å². The number of aryl methyl sites for hydroxylation is 1. The molecule has 0 aliphatic heterocycles. The van der Waals surface area contributed by atoms with Crippen LogP contribution in [-0.4, -0.2) is 37.7 Å². The van der Waals surface area contributed by atoms with Crippen molar-refractivity contribution in [3.63, 3.8) is 0 Å². The van der Waals surface area contributed by atoms with Crippen LogP contribution in [0, 0.1) is 6.92 Å². The third-order valence-corrected chi connectivity index (χ3v) is 2.70. The second-order valence-electron chi connectivity index (χ2n) is 4.29. The number of urea groups is 1. The summed E-state index contributed by atoms with van der Waals surface area (Å²) in [5.74, 6) is -1.12. The number of halogens is 1. The molecule has 0 saturated carbocycles. The highest BCUT2D eigenvalue weighted by atomic mass is 35.5. The van der Waals surface area contributed by atoms with Crippen LogP contribution in [0.4, 0.5) is 4.79 Å². The van der Waals surface area contributed by atoms with Gasteiger partial charge in [-0.25, -0.2) is 9.59 Å². The number of ether oxygens (including phenoxy) is 2. The molecule has 0 radical (unpaired) electrons. The molecule has 22 heavy (non-hydrogen) atoms. The number of hydrogen-bond acceptors (Lipinski definition) is 5. The van der Waals surface area contributed by atoms with Gasteiger partial charge < -0.3 is 14.8 Å². The molecule has 7 nitrogen and oxygen atoms in total. The van der Waals surface area contributed by atoms with Gasteiger partial charge in [-0.05, 0) is 31.5 Å². The van der Waals surface area contributed by atoms with Gasteiger partial charge in [0.15, 0.2) is 13.2 Å². The maximum absolute atomic E-state index is 11.5. The summed E-state index contributed by atoms with van der Waals surface area (Å²) in [5.41, 5.74) is 0.925. The average Bonchev–Trinajstić information content (AvgIpc) is 2.46. The van der Waals surface area contributed by atoms with Crippen molar-refractivity contribution in [1.29, 1.82) is 0 Å². The van der Waals surface area contributed by atoms with Gasteiger partial charge in [0.25, 0.3) is 5.91 Å². The number of esters is 1. The number of imide groups is 1. The van der Waals surface area contributed by atoms with Gasteiger partial charge in [0.2, 0.25) is 0 Å². The van der Waals surface area contributed by atoms with Gasteiger partial charge in [-0.1, -0.05) is 17.7 Å². The minimum atomic E-state index is -0.747. The van der Waals surface area contributed by atoms with Gasteiger partial charge in [-0.15, -0.1) is 0 Å². The first kappa shape index (κ1) is 17.8. The molecule has 0 unspecified atom stereocenters. The molecule has 0 aliphatic carbocycles. The highest BCUT2D eigenvalue weighted by Crippen LogP contribution is 2.25. The van der Waals surface area contributed by atoms with Crippen LogP contribution in [0.3, 0.4) is 0 Å². The fourth-order valence-corrected chi connectivity index (χ4v) is 1.59. The molecule has 1 rings (SSSR count). The summed E-state index contributed by atoms with van der Waals surface area (Å²) in [5, 5.41) is 4.74. The number of amides is 3. The molecule has 0 bridgehead atoms. The molecule has 1 aromatic rings. The van der Waals surface area contributed by atoms with Crippen molar-refractivity contribution in [2.75, 3.05) is 19.8 Å². The maximum atomic E-state index is 11.5. The third-order valence-electron chi connectivity index (χ3n) is 2.39. The lowest BCUT2D eigenvalue weighted by atomic mass is 10.2. The van der Waals surface area contributed by atoms with Crippen molar-refractivity contribution in [3.8, 4) is 5.75 Å². The van der Waals surface area contributed by atoms with E-state index in [1.54, 1.807) is 25.1 Å². The van der Waals surface area contributed by atoms with E-state index in [4.69, 9.17) is 16.3 Å². The van der Waals surface area contributed by atoms with Crippen LogP contribution in [-0.2, 0) is 14.3 Å². The summed E-state index contributed by atoms with van der Waals surface area (Å²) >= 11 is 5.91. The van der Waals surface area contributed by atoms with E-state index in [0.29, 0.717) is 17.3 Å². The van der Waals surface area contributed by atoms with Gasteiger partial charge in [-0.2, -0.15) is 0 Å². The summed E-state index contributed by atoms with van der Waals surface area (Å²) in [6, 6.07) is 4.49. The molecule has 0 spiro atoms. The molecule has 0 saturated heterocycles. The lowest BCUT2D eigenvalue weighted by Crippen LogP contribution is -2.41. The van der Waals surface area contributed by atoms with E-state index in [0.717, 1.165) is 5.56 Å². The van der Waals surface area contributed by atoms with Crippen molar-refractivity contribution in [3.05, 3.63) is 28.8 Å². The standard InChI is InChI=1S/C14H17ClN2O5/c1-3-16-14(20)17-12(18)7-22-13(19)8-21-11-6-9(2)4-5-10(11)15/h4-6H,3,7-8H2,1-2H3,(H2,16,17,18,20). The summed E-state index contributed by atoms with van der Waals surface area (Å²) in [6.45, 7) is 2.98. The predicted octanol–water partition coefficient (Wildman–Crippen LogP) is 1.42. The molecule has 3 amide bonds. The van der Waals surface area contributed by atoms with E-state index in [2.05, 4.69) is 10.1 Å². The Kier molecular flexibility index (Phi) is 7.18. The normalized spacial score (nSPS) is 9.77. The zero-order valence-electron chi connectivity index (χ0n) is 12.3. The Morgan fingerprint density at radius 2 is 1.95 bits per heavy atom. The van der Waals surface area contributed by atoms with E-state index in [-0.39, 0.29) is 0 Å². The summed E-state index contributed by atoms with van der Waals surface area (Å²) < 4.78 is 9.89. The quantitative estimate of drug-likeness (QED) is 0.770. The molecular formula is C14H17ClN2O5. The van der Waals surface area contributed by atoms with Crippen molar-refractivity contribution in [2.45, 2.75) is 13.8 Å². The first-order valence-corrected chi connectivity index (χ1v) is 6.92. The number of benzene rings is 1. The Morgan fingerprint density at radius 1 is 1.23 bits per heavy atom. The first-order valence-electron chi connectivity index (χ1n) is 6.54. The Morgan fingerprint density at radius 3 is 2.64 bits per heavy atom. The fourth-order valence-electron chi connectivity index (χ4n) is 1.41. The molecule has 1 aromatic carbocycles. The highest BCUT2D eigenvalue weighted by molar-refractivity contribution is 6.32. The topological polar surface area (TPSA) is 93.7 Å². The zero-order chi connectivity index (χ0) is 16.5. The van der Waals surface area contributed by atoms with Crippen LogP contribution < -0.4 is 15.4 Å². The van der Waals surface area contributed by atoms with E-state index < -0.39 is 31.1 Å². The zero-order valence-corrected chi connectivity index (χ0v) is 13.0. The maximum Gasteiger partial charge on any atom is 0.344 e. The highest BCUT2D eigenvalue weighted by Gasteiger charge is 2.11. The van der Waals surface area contributed by atoms with Gasteiger partial charge in [0.05, 0.1) is 5.02 Å². The Balaban J connectivity index is 2.33. The van der Waals surface area contributed by atoms with Gasteiger partial charge in [0, 0.05) is 6.54 Å². The lowest BCUT2D eigenvalue weighted by Gasteiger charge is -2.09. The van der Waals surface area contributed by atoms with Crippen molar-refractivity contribution in [1.82, 2.24) is 10.6 Å². The van der Waals surface area contributed by atoms with Crippen LogP contribution in [0.25, 0.3) is 0 Å². The number of hydrogen-bond donors (Lipinski definition) is 2. The van der Waals surface area contributed by atoms with Crippen LogP contribution >= 0.6 is 11.6 Å². The van der Waals surface area contributed by atoms with Crippen LogP contribution in [0.5, 0.6) is 5.75 Å². The molecular weight excluding hydrogens is 312 g/mol. The second kappa shape index (κ2) is 8.89. The minimum absolute atomic E-state index is 0.352. The summed E-state index contributed by atoms with van der Waals surface area (Å²) in [4.78, 5) is 33.8. The Bertz CT molecular complexity index is 562. The number of carbonyl (C=O) groups is 3. The SMILES string of the molecule is CCNC(=O)NC(=O)COC(=O)COc1cc(C)ccc1Cl. The van der Waals surface area contributed by atoms with E-state index in [9.17, 15) is 14.4 Å². The molecule has 0 atom stereocenters. The number of rotatable bonds is 6. The number of nitrogens with one attached hydrogen (secondary N) is 2. The molecule has 2 N–H and O–H groups in total. The molecule has 0 aromatic heterocycles. The predicted molar refractivity (Wildman–Crippen MR) is 79.9 cm³/mol. The van der Waals surface area contributed by atoms with Gasteiger partial charge >= 0.3 is 12.0 Å². The first-order chi connectivity index (χ1) is 10.4. The fraction of sp³-hybridized carbons (Fsp3) is 0.357. The molecule has 120 valence electrons. The Hall–Kier alpha value is -2.28. The molecule has 0 aliphatic rings. The third kappa shape index (κ3) is 6.45. The Labute approximate surface area is 132 Å². The summed E-state index contributed by atoms with van der Waals surface area (Å²) in [6.07, 6.45) is 0. The molecule has 0 fully saturated rings. The van der Waals surface area contributed by atoms with Gasteiger partial charge in [0.1, 0.15) is 5.75 Å². The van der Waals surface area contributed by atoms with E-state index in [1.807, 2.05) is 12.2 Å². The van der Waals surface area contributed by atoms with E-state index >= 15 is 0 Å². The van der Waals surface area contributed by atoms with Crippen molar-refractivity contribution in [2.24, 2.45) is 0 Å². The van der Waals surface area contributed by atoms with Crippen LogP contribution in [0.1, 0.15) is 12.5 Å². The lowest BCUT2D eigenvalue weighted by molar-refractivity contribution is -0.150. The smallest absolute Gasteiger partial charge is 0.344 e. The largest absolute Gasteiger partial charge is 0.480 e. The van der Waals surface area contributed by atoms with Gasteiger partial charge in [-0.3, -0.25) is 10.1 Å². The second-order valence-corrected chi connectivity index (χ2v) is 4.70. The minimum Gasteiger partial charge on any atom is -0.480 e.